The van der Waals surface area contributed by atoms with Crippen LogP contribution in [0, 0.1) is 17.2 Å². The molecular weight excluding hydrogens is 372 g/mol. The number of nitriles is 1. The van der Waals surface area contributed by atoms with Gasteiger partial charge in [-0.3, -0.25) is 9.59 Å². The van der Waals surface area contributed by atoms with Crippen LogP contribution in [-0.2, 0) is 16.0 Å². The maximum Gasteiger partial charge on any atom is 0.225 e. The third-order valence-electron chi connectivity index (χ3n) is 3.71. The summed E-state index contributed by atoms with van der Waals surface area (Å²) in [6, 6.07) is 12.8. The highest BCUT2D eigenvalue weighted by molar-refractivity contribution is 7.99. The zero-order valence-electron chi connectivity index (χ0n) is 16.3. The number of nitrogens with one attached hydrogen (secondary N) is 2. The number of rotatable bonds is 8. The fraction of sp³-hybridized carbons (Fsp3) is 0.333. The largest absolute Gasteiger partial charge is 0.326 e. The van der Waals surface area contributed by atoms with Crippen molar-refractivity contribution in [1.29, 1.82) is 5.26 Å². The number of carbonyl (C=O) groups excluding carboxylic acids is 2. The smallest absolute Gasteiger partial charge is 0.225 e. The molecule has 0 saturated heterocycles. The summed E-state index contributed by atoms with van der Waals surface area (Å²) in [5, 5.41) is 15.4. The maximum absolute atomic E-state index is 12.2. The molecule has 1 aromatic heterocycles. The average molecular weight is 397 g/mol. The summed E-state index contributed by atoms with van der Waals surface area (Å²) >= 11 is 1.42. The van der Waals surface area contributed by atoms with E-state index in [-0.39, 0.29) is 11.8 Å². The third-order valence-corrected chi connectivity index (χ3v) is 4.71. The molecule has 0 fully saturated rings. The Bertz CT molecular complexity index is 873. The van der Waals surface area contributed by atoms with E-state index in [4.69, 9.17) is 0 Å². The van der Waals surface area contributed by atoms with E-state index in [0.717, 1.165) is 12.1 Å². The zero-order valence-corrected chi connectivity index (χ0v) is 17.1. The molecule has 7 heteroatoms. The second-order valence-corrected chi connectivity index (χ2v) is 7.85. The van der Waals surface area contributed by atoms with Crippen molar-refractivity contribution in [2.45, 2.75) is 38.6 Å². The molecule has 0 atom stereocenters. The molecule has 0 aliphatic carbocycles. The van der Waals surface area contributed by atoms with Gasteiger partial charge in [-0.2, -0.15) is 5.26 Å². The standard InChI is InChI=1S/C21H24N4O2S/c1-14(2)12-19-5-4-16(13-22)21(25-19)28-11-10-20(27)24-18-8-6-17(7-9-18)23-15(3)26/h4-9,14H,10-12H2,1-3H3,(H,23,26)(H,24,27). The van der Waals surface area contributed by atoms with Gasteiger partial charge in [0.25, 0.3) is 0 Å². The van der Waals surface area contributed by atoms with Crippen molar-refractivity contribution >= 4 is 35.0 Å². The number of pyridine rings is 1. The van der Waals surface area contributed by atoms with Gasteiger partial charge in [-0.25, -0.2) is 4.98 Å². The fourth-order valence-electron chi connectivity index (χ4n) is 2.51. The summed E-state index contributed by atoms with van der Waals surface area (Å²) in [5.74, 6) is 0.761. The predicted molar refractivity (Wildman–Crippen MR) is 112 cm³/mol. The Morgan fingerprint density at radius 2 is 1.75 bits per heavy atom. The number of carbonyl (C=O) groups is 2. The maximum atomic E-state index is 12.2. The third kappa shape index (κ3) is 7.05. The van der Waals surface area contributed by atoms with Crippen LogP contribution < -0.4 is 10.6 Å². The SMILES string of the molecule is CC(=O)Nc1ccc(NC(=O)CCSc2nc(CC(C)C)ccc2C#N)cc1. The number of aromatic nitrogens is 1. The Morgan fingerprint density at radius 3 is 2.32 bits per heavy atom. The van der Waals surface area contributed by atoms with E-state index in [1.807, 2.05) is 6.07 Å². The highest BCUT2D eigenvalue weighted by Gasteiger charge is 2.10. The number of benzene rings is 1. The van der Waals surface area contributed by atoms with Crippen LogP contribution in [0.2, 0.25) is 0 Å². The Labute approximate surface area is 169 Å². The van der Waals surface area contributed by atoms with Crippen LogP contribution in [0.3, 0.4) is 0 Å². The summed E-state index contributed by atoms with van der Waals surface area (Å²) in [7, 11) is 0. The Morgan fingerprint density at radius 1 is 1.11 bits per heavy atom. The van der Waals surface area contributed by atoms with E-state index in [2.05, 4.69) is 35.5 Å². The summed E-state index contributed by atoms with van der Waals surface area (Å²) in [5.41, 5.74) is 2.84. The number of amides is 2. The van der Waals surface area contributed by atoms with Gasteiger partial charge < -0.3 is 10.6 Å². The molecule has 2 aromatic rings. The first-order valence-electron chi connectivity index (χ1n) is 9.07. The number of thioether (sulfide) groups is 1. The summed E-state index contributed by atoms with van der Waals surface area (Å²) in [6.07, 6.45) is 1.16. The minimum atomic E-state index is -0.142. The van der Waals surface area contributed by atoms with E-state index in [1.54, 1.807) is 30.3 Å². The average Bonchev–Trinajstić information content (AvgIpc) is 2.63. The predicted octanol–water partition coefficient (Wildman–Crippen LogP) is 4.23. The quantitative estimate of drug-likeness (QED) is 0.651. The van der Waals surface area contributed by atoms with Crippen molar-refractivity contribution in [3.8, 4) is 6.07 Å². The molecule has 1 aromatic carbocycles. The van der Waals surface area contributed by atoms with Gasteiger partial charge in [0, 0.05) is 36.2 Å². The molecule has 0 saturated carbocycles. The van der Waals surface area contributed by atoms with Crippen molar-refractivity contribution in [1.82, 2.24) is 4.98 Å². The number of hydrogen-bond donors (Lipinski definition) is 2. The lowest BCUT2D eigenvalue weighted by Gasteiger charge is -2.09. The Balaban J connectivity index is 1.88. The van der Waals surface area contributed by atoms with Gasteiger partial charge in [-0.15, -0.1) is 11.8 Å². The van der Waals surface area contributed by atoms with E-state index < -0.39 is 0 Å². The first-order chi connectivity index (χ1) is 13.4. The van der Waals surface area contributed by atoms with E-state index in [9.17, 15) is 14.9 Å². The molecule has 146 valence electrons. The van der Waals surface area contributed by atoms with Crippen molar-refractivity contribution in [3.05, 3.63) is 47.7 Å². The summed E-state index contributed by atoms with van der Waals surface area (Å²) < 4.78 is 0. The lowest BCUT2D eigenvalue weighted by atomic mass is 10.1. The minimum Gasteiger partial charge on any atom is -0.326 e. The van der Waals surface area contributed by atoms with Crippen molar-refractivity contribution in [3.63, 3.8) is 0 Å². The second kappa shape index (κ2) is 10.5. The number of hydrogen-bond acceptors (Lipinski definition) is 5. The summed E-state index contributed by atoms with van der Waals surface area (Å²) in [4.78, 5) is 27.7. The molecule has 0 unspecified atom stereocenters. The molecule has 1 heterocycles. The lowest BCUT2D eigenvalue weighted by Crippen LogP contribution is -2.12. The molecule has 0 radical (unpaired) electrons. The minimum absolute atomic E-state index is 0.114. The topological polar surface area (TPSA) is 94.9 Å². The highest BCUT2D eigenvalue weighted by Crippen LogP contribution is 2.22. The van der Waals surface area contributed by atoms with Crippen LogP contribution in [-0.4, -0.2) is 22.6 Å². The van der Waals surface area contributed by atoms with Gasteiger partial charge in [0.1, 0.15) is 11.1 Å². The van der Waals surface area contributed by atoms with Crippen LogP contribution >= 0.6 is 11.8 Å². The fourth-order valence-corrected chi connectivity index (χ4v) is 3.44. The molecule has 6 nitrogen and oxygen atoms in total. The Kier molecular flexibility index (Phi) is 8.02. The normalized spacial score (nSPS) is 10.4. The molecule has 2 amide bonds. The van der Waals surface area contributed by atoms with Crippen LogP contribution in [0.5, 0.6) is 0 Å². The van der Waals surface area contributed by atoms with E-state index in [1.165, 1.54) is 18.7 Å². The highest BCUT2D eigenvalue weighted by atomic mass is 32.2. The number of nitrogens with zero attached hydrogens (tertiary/aromatic N) is 2. The lowest BCUT2D eigenvalue weighted by molar-refractivity contribution is -0.116. The molecule has 28 heavy (non-hydrogen) atoms. The zero-order chi connectivity index (χ0) is 20.5. The van der Waals surface area contributed by atoms with Crippen LogP contribution in [0.4, 0.5) is 11.4 Å². The summed E-state index contributed by atoms with van der Waals surface area (Å²) in [6.45, 7) is 5.69. The van der Waals surface area contributed by atoms with Crippen LogP contribution in [0.15, 0.2) is 41.4 Å². The molecule has 0 bridgehead atoms. The second-order valence-electron chi connectivity index (χ2n) is 6.77. The first kappa shape index (κ1) is 21.5. The molecule has 0 aliphatic heterocycles. The Hall–Kier alpha value is -2.85. The van der Waals surface area contributed by atoms with Gasteiger partial charge in [0.2, 0.25) is 11.8 Å². The van der Waals surface area contributed by atoms with Crippen molar-refractivity contribution in [2.75, 3.05) is 16.4 Å². The number of anilines is 2. The molecule has 0 spiro atoms. The van der Waals surface area contributed by atoms with E-state index in [0.29, 0.717) is 40.1 Å². The van der Waals surface area contributed by atoms with Gasteiger partial charge in [-0.05, 0) is 48.7 Å². The van der Waals surface area contributed by atoms with Gasteiger partial charge in [0.15, 0.2) is 0 Å². The van der Waals surface area contributed by atoms with Crippen molar-refractivity contribution in [2.24, 2.45) is 5.92 Å². The monoisotopic (exact) mass is 396 g/mol. The van der Waals surface area contributed by atoms with E-state index >= 15 is 0 Å². The van der Waals surface area contributed by atoms with Gasteiger partial charge >= 0.3 is 0 Å². The first-order valence-corrected chi connectivity index (χ1v) is 10.1. The van der Waals surface area contributed by atoms with Gasteiger partial charge in [0.05, 0.1) is 5.56 Å². The van der Waals surface area contributed by atoms with Crippen molar-refractivity contribution < 1.29 is 9.59 Å². The molecule has 2 rings (SSSR count). The van der Waals surface area contributed by atoms with Crippen LogP contribution in [0.25, 0.3) is 0 Å². The molecular formula is C21H24N4O2S. The molecule has 2 N–H and O–H groups in total. The molecule has 0 aliphatic rings. The van der Waals surface area contributed by atoms with Crippen LogP contribution in [0.1, 0.15) is 38.4 Å². The van der Waals surface area contributed by atoms with Gasteiger partial charge in [-0.1, -0.05) is 13.8 Å².